The summed E-state index contributed by atoms with van der Waals surface area (Å²) in [6, 6.07) is 9.91. The number of carbonyl (C=O) groups excluding carboxylic acids is 1. The first kappa shape index (κ1) is 14.0. The predicted octanol–water partition coefficient (Wildman–Crippen LogP) is 2.58. The minimum absolute atomic E-state index is 0.230. The van der Waals surface area contributed by atoms with Crippen LogP contribution in [0.4, 0.5) is 10.1 Å². The van der Waals surface area contributed by atoms with Crippen LogP contribution in [0.5, 0.6) is 0 Å². The highest BCUT2D eigenvalue weighted by molar-refractivity contribution is 5.99. The lowest BCUT2D eigenvalue weighted by atomic mass is 10.1. The molecule has 104 valence electrons. The van der Waals surface area contributed by atoms with Crippen molar-refractivity contribution in [1.29, 1.82) is 0 Å². The number of carbonyl (C=O) groups is 1. The van der Waals surface area contributed by atoms with E-state index in [0.29, 0.717) is 18.7 Å². The van der Waals surface area contributed by atoms with E-state index in [2.05, 4.69) is 15.6 Å². The molecule has 1 aromatic carbocycles. The molecule has 0 saturated carbocycles. The summed E-state index contributed by atoms with van der Waals surface area (Å²) in [5.41, 5.74) is 1.28. The summed E-state index contributed by atoms with van der Waals surface area (Å²) in [7, 11) is 0. The van der Waals surface area contributed by atoms with Crippen molar-refractivity contribution in [1.82, 2.24) is 10.3 Å². The van der Waals surface area contributed by atoms with Gasteiger partial charge < -0.3 is 10.6 Å². The SMILES string of the molecule is CCNc1c(F)cccc1C(=O)NCc1ccccn1. The molecule has 0 atom stereocenters. The number of aromatic nitrogens is 1. The smallest absolute Gasteiger partial charge is 0.253 e. The highest BCUT2D eigenvalue weighted by atomic mass is 19.1. The molecule has 1 heterocycles. The van der Waals surface area contributed by atoms with Gasteiger partial charge in [0.2, 0.25) is 0 Å². The molecule has 1 aromatic heterocycles. The number of halogens is 1. The monoisotopic (exact) mass is 273 g/mol. The van der Waals surface area contributed by atoms with Crippen LogP contribution < -0.4 is 10.6 Å². The van der Waals surface area contributed by atoms with E-state index in [0.717, 1.165) is 5.69 Å². The van der Waals surface area contributed by atoms with Crippen LogP contribution in [0.2, 0.25) is 0 Å². The van der Waals surface area contributed by atoms with Gasteiger partial charge in [-0.3, -0.25) is 9.78 Å². The van der Waals surface area contributed by atoms with Gasteiger partial charge in [0.05, 0.1) is 23.5 Å². The summed E-state index contributed by atoms with van der Waals surface area (Å²) in [5, 5.41) is 5.61. The van der Waals surface area contributed by atoms with Crippen molar-refractivity contribution in [3.05, 3.63) is 59.7 Å². The van der Waals surface area contributed by atoms with Gasteiger partial charge in [0, 0.05) is 12.7 Å². The van der Waals surface area contributed by atoms with Gasteiger partial charge >= 0.3 is 0 Å². The summed E-state index contributed by atoms with van der Waals surface area (Å²) < 4.78 is 13.7. The zero-order chi connectivity index (χ0) is 14.4. The third-order valence-corrected chi connectivity index (χ3v) is 2.77. The van der Waals surface area contributed by atoms with Gasteiger partial charge in [-0.25, -0.2) is 4.39 Å². The minimum atomic E-state index is -0.433. The molecule has 0 spiro atoms. The van der Waals surface area contributed by atoms with Crippen molar-refractivity contribution in [2.24, 2.45) is 0 Å². The Morgan fingerprint density at radius 2 is 2.10 bits per heavy atom. The van der Waals surface area contributed by atoms with E-state index in [1.54, 1.807) is 18.3 Å². The molecule has 2 rings (SSSR count). The lowest BCUT2D eigenvalue weighted by molar-refractivity contribution is 0.0951. The number of amides is 1. The van der Waals surface area contributed by atoms with Gasteiger partial charge in [0.1, 0.15) is 5.82 Å². The van der Waals surface area contributed by atoms with E-state index < -0.39 is 5.82 Å². The first-order chi connectivity index (χ1) is 9.72. The first-order valence-electron chi connectivity index (χ1n) is 6.43. The van der Waals surface area contributed by atoms with Crippen LogP contribution in [0.15, 0.2) is 42.6 Å². The molecule has 2 N–H and O–H groups in total. The molecule has 0 bridgehead atoms. The highest BCUT2D eigenvalue weighted by Gasteiger charge is 2.14. The van der Waals surface area contributed by atoms with Crippen LogP contribution in [0.25, 0.3) is 0 Å². The van der Waals surface area contributed by atoms with Gasteiger partial charge in [0.25, 0.3) is 5.91 Å². The van der Waals surface area contributed by atoms with Gasteiger partial charge in [0.15, 0.2) is 0 Å². The van der Waals surface area contributed by atoms with E-state index >= 15 is 0 Å². The quantitative estimate of drug-likeness (QED) is 0.880. The zero-order valence-corrected chi connectivity index (χ0v) is 11.2. The predicted molar refractivity (Wildman–Crippen MR) is 76.0 cm³/mol. The fourth-order valence-corrected chi connectivity index (χ4v) is 1.84. The van der Waals surface area contributed by atoms with Crippen LogP contribution >= 0.6 is 0 Å². The number of benzene rings is 1. The zero-order valence-electron chi connectivity index (χ0n) is 11.2. The molecular weight excluding hydrogens is 257 g/mol. The topological polar surface area (TPSA) is 54.0 Å². The lowest BCUT2D eigenvalue weighted by Crippen LogP contribution is -2.24. The Labute approximate surface area is 117 Å². The van der Waals surface area contributed by atoms with Gasteiger partial charge in [-0.05, 0) is 31.2 Å². The van der Waals surface area contributed by atoms with Crippen LogP contribution in [-0.4, -0.2) is 17.4 Å². The number of hydrogen-bond acceptors (Lipinski definition) is 3. The molecule has 5 heteroatoms. The van der Waals surface area contributed by atoms with Gasteiger partial charge in [-0.2, -0.15) is 0 Å². The standard InChI is InChI=1S/C15H16FN3O/c1-2-17-14-12(7-5-8-13(14)16)15(20)19-10-11-6-3-4-9-18-11/h3-9,17H,2,10H2,1H3,(H,19,20). The average Bonchev–Trinajstić information content (AvgIpc) is 2.48. The lowest BCUT2D eigenvalue weighted by Gasteiger charge is -2.11. The second kappa shape index (κ2) is 6.65. The number of nitrogens with one attached hydrogen (secondary N) is 2. The number of para-hydroxylation sites is 1. The molecule has 0 aliphatic rings. The Bertz CT molecular complexity index is 587. The fourth-order valence-electron chi connectivity index (χ4n) is 1.84. The molecule has 0 fully saturated rings. The molecule has 0 unspecified atom stereocenters. The first-order valence-corrected chi connectivity index (χ1v) is 6.43. The molecule has 2 aromatic rings. The van der Waals surface area contributed by atoms with Crippen LogP contribution in [-0.2, 0) is 6.54 Å². The van der Waals surface area contributed by atoms with Crippen molar-refractivity contribution in [3.63, 3.8) is 0 Å². The highest BCUT2D eigenvalue weighted by Crippen LogP contribution is 2.19. The molecule has 0 radical (unpaired) electrons. The van der Waals surface area contributed by atoms with Crippen LogP contribution in [0, 0.1) is 5.82 Å². The Hall–Kier alpha value is -2.43. The summed E-state index contributed by atoms with van der Waals surface area (Å²) in [5.74, 6) is -0.761. The van der Waals surface area contributed by atoms with E-state index in [-0.39, 0.29) is 11.6 Å². The third kappa shape index (κ3) is 3.32. The van der Waals surface area contributed by atoms with Crippen molar-refractivity contribution in [2.45, 2.75) is 13.5 Å². The molecule has 0 aliphatic heterocycles. The third-order valence-electron chi connectivity index (χ3n) is 2.77. The minimum Gasteiger partial charge on any atom is -0.382 e. The Morgan fingerprint density at radius 3 is 2.80 bits per heavy atom. The summed E-state index contributed by atoms with van der Waals surface area (Å²) >= 11 is 0. The second-order valence-electron chi connectivity index (χ2n) is 4.20. The largest absolute Gasteiger partial charge is 0.382 e. The average molecular weight is 273 g/mol. The van der Waals surface area contributed by atoms with Gasteiger partial charge in [-0.15, -0.1) is 0 Å². The van der Waals surface area contributed by atoms with Crippen LogP contribution in [0.3, 0.4) is 0 Å². The second-order valence-corrected chi connectivity index (χ2v) is 4.20. The van der Waals surface area contributed by atoms with Crippen molar-refractivity contribution >= 4 is 11.6 Å². The summed E-state index contributed by atoms with van der Waals surface area (Å²) in [6.45, 7) is 2.70. The molecule has 1 amide bonds. The van der Waals surface area contributed by atoms with Crippen LogP contribution in [0.1, 0.15) is 23.0 Å². The maximum Gasteiger partial charge on any atom is 0.253 e. The number of pyridine rings is 1. The normalized spacial score (nSPS) is 10.1. The van der Waals surface area contributed by atoms with Crippen molar-refractivity contribution in [2.75, 3.05) is 11.9 Å². The maximum atomic E-state index is 13.7. The Kier molecular flexibility index (Phi) is 4.65. The molecule has 0 saturated heterocycles. The molecule has 0 aliphatic carbocycles. The molecular formula is C15H16FN3O. The maximum absolute atomic E-state index is 13.7. The molecule has 4 nitrogen and oxygen atoms in total. The number of rotatable bonds is 5. The Balaban J connectivity index is 2.11. The molecule has 20 heavy (non-hydrogen) atoms. The number of hydrogen-bond donors (Lipinski definition) is 2. The fraction of sp³-hybridized carbons (Fsp3) is 0.200. The van der Waals surface area contributed by atoms with Gasteiger partial charge in [-0.1, -0.05) is 12.1 Å². The van der Waals surface area contributed by atoms with E-state index in [1.165, 1.54) is 12.1 Å². The Morgan fingerprint density at radius 1 is 1.25 bits per heavy atom. The van der Waals surface area contributed by atoms with E-state index in [4.69, 9.17) is 0 Å². The number of nitrogens with zero attached hydrogens (tertiary/aromatic N) is 1. The van der Waals surface area contributed by atoms with Crippen molar-refractivity contribution in [3.8, 4) is 0 Å². The summed E-state index contributed by atoms with van der Waals surface area (Å²) in [6.07, 6.45) is 1.66. The van der Waals surface area contributed by atoms with Crippen molar-refractivity contribution < 1.29 is 9.18 Å². The number of anilines is 1. The van der Waals surface area contributed by atoms with E-state index in [9.17, 15) is 9.18 Å². The van der Waals surface area contributed by atoms with E-state index in [1.807, 2.05) is 19.1 Å². The summed E-state index contributed by atoms with van der Waals surface area (Å²) in [4.78, 5) is 16.2.